The fourth-order valence-electron chi connectivity index (χ4n) is 2.13. The molecule has 2 aromatic rings. The van der Waals surface area contributed by atoms with Crippen LogP contribution < -0.4 is 5.32 Å². The lowest BCUT2D eigenvalue weighted by atomic mass is 10.1. The Morgan fingerprint density at radius 1 is 1.24 bits per heavy atom. The van der Waals surface area contributed by atoms with Crippen LogP contribution in [0.4, 0.5) is 5.82 Å². The Morgan fingerprint density at radius 3 is 2.67 bits per heavy atom. The maximum absolute atomic E-state index is 6.24. The number of nitrogens with one attached hydrogen (secondary N) is 1. The second kappa shape index (κ2) is 7.12. The molecule has 2 rings (SSSR count). The monoisotopic (exact) mass is 323 g/mol. The van der Waals surface area contributed by atoms with E-state index in [2.05, 4.69) is 35.2 Å². The first kappa shape index (κ1) is 16.1. The molecule has 0 spiro atoms. The molecule has 1 aromatic carbocycles. The van der Waals surface area contributed by atoms with Gasteiger partial charge in [-0.1, -0.05) is 35.3 Å². The predicted molar refractivity (Wildman–Crippen MR) is 90.1 cm³/mol. The standard InChI is InChI=1S/C16H19Cl2N3/c1-11(12-5-4-6-13(17)9-12)21(3)10-15-14(18)7-8-16(19-2)20-15/h4-9,11H,10H2,1-3H3,(H,19,20). The number of benzene rings is 1. The lowest BCUT2D eigenvalue weighted by Crippen LogP contribution is -2.22. The van der Waals surface area contributed by atoms with Crippen LogP contribution in [0.3, 0.4) is 0 Å². The number of aromatic nitrogens is 1. The van der Waals surface area contributed by atoms with Crippen LogP contribution in [0.2, 0.25) is 10.0 Å². The average Bonchev–Trinajstić information content (AvgIpc) is 2.48. The van der Waals surface area contributed by atoms with Crippen molar-refractivity contribution in [1.29, 1.82) is 0 Å². The Bertz CT molecular complexity index is 616. The van der Waals surface area contributed by atoms with Crippen LogP contribution in [-0.2, 0) is 6.54 Å². The Kier molecular flexibility index (Phi) is 5.45. The van der Waals surface area contributed by atoms with Gasteiger partial charge in [0.25, 0.3) is 0 Å². The minimum absolute atomic E-state index is 0.222. The van der Waals surface area contributed by atoms with Crippen molar-refractivity contribution in [2.24, 2.45) is 0 Å². The molecule has 0 aliphatic heterocycles. The fourth-order valence-corrected chi connectivity index (χ4v) is 2.49. The first-order chi connectivity index (χ1) is 10.0. The summed E-state index contributed by atoms with van der Waals surface area (Å²) in [6.07, 6.45) is 0. The maximum Gasteiger partial charge on any atom is 0.126 e. The lowest BCUT2D eigenvalue weighted by Gasteiger charge is -2.25. The number of hydrogen-bond acceptors (Lipinski definition) is 3. The summed E-state index contributed by atoms with van der Waals surface area (Å²) in [5.74, 6) is 0.818. The lowest BCUT2D eigenvalue weighted by molar-refractivity contribution is 0.250. The molecule has 1 heterocycles. The van der Waals surface area contributed by atoms with E-state index in [4.69, 9.17) is 23.2 Å². The highest BCUT2D eigenvalue weighted by atomic mass is 35.5. The highest BCUT2D eigenvalue weighted by Crippen LogP contribution is 2.25. The molecule has 0 amide bonds. The number of anilines is 1. The second-order valence-corrected chi connectivity index (χ2v) is 5.86. The van der Waals surface area contributed by atoms with Gasteiger partial charge >= 0.3 is 0 Å². The molecule has 3 nitrogen and oxygen atoms in total. The minimum atomic E-state index is 0.222. The molecule has 1 N–H and O–H groups in total. The topological polar surface area (TPSA) is 28.2 Å². The molecule has 1 atom stereocenters. The van der Waals surface area contributed by atoms with E-state index in [0.29, 0.717) is 11.6 Å². The van der Waals surface area contributed by atoms with Crippen molar-refractivity contribution in [3.63, 3.8) is 0 Å². The summed E-state index contributed by atoms with van der Waals surface area (Å²) in [6.45, 7) is 2.81. The van der Waals surface area contributed by atoms with Crippen molar-refractivity contribution in [3.05, 3.63) is 57.7 Å². The average molecular weight is 324 g/mol. The van der Waals surface area contributed by atoms with Crippen LogP contribution in [0.25, 0.3) is 0 Å². The summed E-state index contributed by atoms with van der Waals surface area (Å²) in [5, 5.41) is 4.46. The van der Waals surface area contributed by atoms with E-state index < -0.39 is 0 Å². The Balaban J connectivity index is 2.15. The van der Waals surface area contributed by atoms with Crippen molar-refractivity contribution >= 4 is 29.0 Å². The number of halogens is 2. The van der Waals surface area contributed by atoms with Crippen LogP contribution in [0.1, 0.15) is 24.2 Å². The SMILES string of the molecule is CNc1ccc(Cl)c(CN(C)C(C)c2cccc(Cl)c2)n1. The molecule has 0 fully saturated rings. The summed E-state index contributed by atoms with van der Waals surface area (Å²) in [7, 11) is 3.90. The van der Waals surface area contributed by atoms with E-state index in [-0.39, 0.29) is 6.04 Å². The van der Waals surface area contributed by atoms with Gasteiger partial charge < -0.3 is 5.32 Å². The first-order valence-electron chi connectivity index (χ1n) is 6.80. The largest absolute Gasteiger partial charge is 0.373 e. The molecule has 0 saturated carbocycles. The quantitative estimate of drug-likeness (QED) is 0.869. The van der Waals surface area contributed by atoms with E-state index in [0.717, 1.165) is 16.5 Å². The van der Waals surface area contributed by atoms with Crippen molar-refractivity contribution in [1.82, 2.24) is 9.88 Å². The van der Waals surface area contributed by atoms with Crippen molar-refractivity contribution in [2.45, 2.75) is 19.5 Å². The van der Waals surface area contributed by atoms with Crippen molar-refractivity contribution < 1.29 is 0 Å². The number of nitrogens with zero attached hydrogens (tertiary/aromatic N) is 2. The number of rotatable bonds is 5. The Morgan fingerprint density at radius 2 is 2.00 bits per heavy atom. The first-order valence-corrected chi connectivity index (χ1v) is 7.55. The van der Waals surface area contributed by atoms with Gasteiger partial charge in [0.15, 0.2) is 0 Å². The van der Waals surface area contributed by atoms with E-state index in [1.807, 2.05) is 37.4 Å². The Labute approximate surface area is 135 Å². The zero-order valence-electron chi connectivity index (χ0n) is 12.4. The third-order valence-electron chi connectivity index (χ3n) is 3.57. The van der Waals surface area contributed by atoms with Crippen LogP contribution in [0, 0.1) is 0 Å². The summed E-state index contributed by atoms with van der Waals surface area (Å²) in [5.41, 5.74) is 2.03. The minimum Gasteiger partial charge on any atom is -0.373 e. The van der Waals surface area contributed by atoms with Crippen LogP contribution in [0.15, 0.2) is 36.4 Å². The molecule has 0 aliphatic carbocycles. The van der Waals surface area contributed by atoms with Gasteiger partial charge in [-0.3, -0.25) is 4.90 Å². The van der Waals surface area contributed by atoms with Gasteiger partial charge in [-0.05, 0) is 43.8 Å². The van der Waals surface area contributed by atoms with E-state index in [1.54, 1.807) is 0 Å². The Hall–Kier alpha value is -1.29. The van der Waals surface area contributed by atoms with Gasteiger partial charge in [-0.2, -0.15) is 0 Å². The number of pyridine rings is 1. The predicted octanol–water partition coefficient (Wildman–Crippen LogP) is 4.62. The van der Waals surface area contributed by atoms with Crippen molar-refractivity contribution in [2.75, 3.05) is 19.4 Å². The van der Waals surface area contributed by atoms with Crippen molar-refractivity contribution in [3.8, 4) is 0 Å². The normalized spacial score (nSPS) is 12.5. The molecule has 0 bridgehead atoms. The fraction of sp³-hybridized carbons (Fsp3) is 0.312. The molecular weight excluding hydrogens is 305 g/mol. The summed E-state index contributed by atoms with van der Waals surface area (Å²) in [6, 6.07) is 11.9. The van der Waals surface area contributed by atoms with E-state index in [9.17, 15) is 0 Å². The highest BCUT2D eigenvalue weighted by Gasteiger charge is 2.14. The smallest absolute Gasteiger partial charge is 0.126 e. The van der Waals surface area contributed by atoms with E-state index in [1.165, 1.54) is 5.56 Å². The highest BCUT2D eigenvalue weighted by molar-refractivity contribution is 6.31. The molecule has 0 saturated heterocycles. The molecule has 1 aromatic heterocycles. The third kappa shape index (κ3) is 4.10. The summed E-state index contributed by atoms with van der Waals surface area (Å²) in [4.78, 5) is 6.71. The van der Waals surface area contributed by atoms with Crippen LogP contribution in [-0.4, -0.2) is 24.0 Å². The van der Waals surface area contributed by atoms with Gasteiger partial charge in [0.1, 0.15) is 5.82 Å². The molecule has 112 valence electrons. The zero-order valence-corrected chi connectivity index (χ0v) is 13.9. The second-order valence-electron chi connectivity index (χ2n) is 5.02. The summed E-state index contributed by atoms with van der Waals surface area (Å²) >= 11 is 12.3. The summed E-state index contributed by atoms with van der Waals surface area (Å²) < 4.78 is 0. The molecule has 5 heteroatoms. The molecular formula is C16H19Cl2N3. The zero-order chi connectivity index (χ0) is 15.4. The van der Waals surface area contributed by atoms with Gasteiger partial charge in [-0.15, -0.1) is 0 Å². The third-order valence-corrected chi connectivity index (χ3v) is 4.15. The number of hydrogen-bond donors (Lipinski definition) is 1. The molecule has 0 aliphatic rings. The maximum atomic E-state index is 6.24. The van der Waals surface area contributed by atoms with Gasteiger partial charge in [0.2, 0.25) is 0 Å². The van der Waals surface area contributed by atoms with Crippen LogP contribution >= 0.6 is 23.2 Å². The molecule has 1 unspecified atom stereocenters. The van der Waals surface area contributed by atoms with Gasteiger partial charge in [0, 0.05) is 24.7 Å². The van der Waals surface area contributed by atoms with Gasteiger partial charge in [0.05, 0.1) is 10.7 Å². The van der Waals surface area contributed by atoms with Gasteiger partial charge in [-0.25, -0.2) is 4.98 Å². The van der Waals surface area contributed by atoms with Crippen LogP contribution in [0.5, 0.6) is 0 Å². The van der Waals surface area contributed by atoms with E-state index >= 15 is 0 Å². The molecule has 0 radical (unpaired) electrons. The molecule has 21 heavy (non-hydrogen) atoms.